The second-order valence-electron chi connectivity index (χ2n) is 4.92. The Balaban J connectivity index is 2.17. The zero-order valence-corrected chi connectivity index (χ0v) is 13.7. The number of carbonyl (C=O) groups excluding carboxylic acids is 2. The molecule has 3 aromatic rings. The molecule has 0 bridgehead atoms. The van der Waals surface area contributed by atoms with Gasteiger partial charge in [-0.15, -0.1) is 0 Å². The predicted octanol–water partition coefficient (Wildman–Crippen LogP) is 1.49. The van der Waals surface area contributed by atoms with Crippen molar-refractivity contribution in [2.75, 3.05) is 7.11 Å². The van der Waals surface area contributed by atoms with E-state index in [0.29, 0.717) is 15.9 Å². The summed E-state index contributed by atoms with van der Waals surface area (Å²) in [6, 6.07) is 5.71. The van der Waals surface area contributed by atoms with Gasteiger partial charge in [0.15, 0.2) is 4.80 Å². The number of esters is 1. The Morgan fingerprint density at radius 2 is 2.17 bits per heavy atom. The Morgan fingerprint density at radius 1 is 1.38 bits per heavy atom. The summed E-state index contributed by atoms with van der Waals surface area (Å²) in [6.07, 6.45) is 1.49. The second kappa shape index (κ2) is 6.36. The predicted molar refractivity (Wildman–Crippen MR) is 84.9 cm³/mol. The first-order chi connectivity index (χ1) is 11.5. The van der Waals surface area contributed by atoms with Crippen LogP contribution in [0.15, 0.2) is 35.5 Å². The first-order valence-electron chi connectivity index (χ1n) is 6.92. The fourth-order valence-electron chi connectivity index (χ4n) is 2.21. The number of carbonyl (C=O) groups is 2. The quantitative estimate of drug-likeness (QED) is 0.672. The molecule has 0 saturated heterocycles. The molecule has 0 aliphatic rings. The number of halogens is 1. The number of rotatable bonds is 3. The molecule has 24 heavy (non-hydrogen) atoms. The SMILES string of the molecule is COC(=O)Cn1c(=NC(=O)c2ccnn2C)sc2cc(F)ccc21. The van der Waals surface area contributed by atoms with E-state index in [0.717, 1.165) is 11.3 Å². The molecule has 7 nitrogen and oxygen atoms in total. The molecule has 0 spiro atoms. The van der Waals surface area contributed by atoms with E-state index in [1.165, 1.54) is 40.8 Å². The fraction of sp³-hybridized carbons (Fsp3) is 0.200. The molecular formula is C15H13FN4O3S. The number of aromatic nitrogens is 3. The summed E-state index contributed by atoms with van der Waals surface area (Å²) < 4.78 is 21.6. The monoisotopic (exact) mass is 348 g/mol. The largest absolute Gasteiger partial charge is 0.468 e. The zero-order chi connectivity index (χ0) is 17.3. The first-order valence-corrected chi connectivity index (χ1v) is 7.74. The minimum atomic E-state index is -0.499. The minimum absolute atomic E-state index is 0.125. The third-order valence-corrected chi connectivity index (χ3v) is 4.44. The van der Waals surface area contributed by atoms with E-state index in [2.05, 4.69) is 14.8 Å². The van der Waals surface area contributed by atoms with Gasteiger partial charge in [-0.25, -0.2) is 4.39 Å². The zero-order valence-electron chi connectivity index (χ0n) is 12.9. The number of methoxy groups -OCH3 is 1. The van der Waals surface area contributed by atoms with Gasteiger partial charge in [-0.05, 0) is 24.3 Å². The second-order valence-corrected chi connectivity index (χ2v) is 5.93. The average molecular weight is 348 g/mol. The van der Waals surface area contributed by atoms with Crippen LogP contribution in [0.2, 0.25) is 0 Å². The first kappa shape index (κ1) is 16.1. The maximum absolute atomic E-state index is 13.4. The number of hydrogen-bond donors (Lipinski definition) is 0. The molecule has 1 aromatic carbocycles. The lowest BCUT2D eigenvalue weighted by atomic mass is 10.3. The van der Waals surface area contributed by atoms with Crippen molar-refractivity contribution in [1.82, 2.24) is 14.3 Å². The third-order valence-electron chi connectivity index (χ3n) is 3.40. The molecule has 0 saturated carbocycles. The van der Waals surface area contributed by atoms with Crippen molar-refractivity contribution in [2.45, 2.75) is 6.54 Å². The average Bonchev–Trinajstić information content (AvgIpc) is 3.11. The van der Waals surface area contributed by atoms with Crippen molar-refractivity contribution >= 4 is 33.4 Å². The van der Waals surface area contributed by atoms with Crippen LogP contribution in [0.25, 0.3) is 10.2 Å². The summed E-state index contributed by atoms with van der Waals surface area (Å²) in [5, 5.41) is 3.93. The van der Waals surface area contributed by atoms with Crippen LogP contribution >= 0.6 is 11.3 Å². The van der Waals surface area contributed by atoms with Crippen LogP contribution in [-0.4, -0.2) is 33.3 Å². The van der Waals surface area contributed by atoms with Crippen LogP contribution in [0.1, 0.15) is 10.5 Å². The molecule has 124 valence electrons. The molecule has 9 heteroatoms. The lowest BCUT2D eigenvalue weighted by Crippen LogP contribution is -2.22. The Hall–Kier alpha value is -2.81. The van der Waals surface area contributed by atoms with Crippen molar-refractivity contribution in [3.05, 3.63) is 46.8 Å². The molecule has 3 rings (SSSR count). The number of nitrogens with zero attached hydrogens (tertiary/aromatic N) is 4. The van der Waals surface area contributed by atoms with Crippen LogP contribution in [0.4, 0.5) is 4.39 Å². The summed E-state index contributed by atoms with van der Waals surface area (Å²) >= 11 is 1.12. The summed E-state index contributed by atoms with van der Waals surface area (Å²) in [7, 11) is 2.90. The number of benzene rings is 1. The Labute approximate surface area is 139 Å². The lowest BCUT2D eigenvalue weighted by molar-refractivity contribution is -0.141. The van der Waals surface area contributed by atoms with E-state index in [1.807, 2.05) is 0 Å². The fourth-order valence-corrected chi connectivity index (χ4v) is 3.26. The van der Waals surface area contributed by atoms with E-state index in [-0.39, 0.29) is 11.3 Å². The highest BCUT2D eigenvalue weighted by atomic mass is 32.1. The standard InChI is InChI=1S/C15H13FN4O3S/c1-19-11(5-6-17-19)14(22)18-15-20(8-13(21)23-2)10-4-3-9(16)7-12(10)24-15/h3-7H,8H2,1-2H3. The van der Waals surface area contributed by atoms with Crippen molar-refractivity contribution in [2.24, 2.45) is 12.0 Å². The van der Waals surface area contributed by atoms with Gasteiger partial charge < -0.3 is 9.30 Å². The van der Waals surface area contributed by atoms with Gasteiger partial charge in [0.25, 0.3) is 5.91 Å². The molecule has 0 radical (unpaired) electrons. The van der Waals surface area contributed by atoms with E-state index >= 15 is 0 Å². The van der Waals surface area contributed by atoms with Crippen molar-refractivity contribution in [3.63, 3.8) is 0 Å². The van der Waals surface area contributed by atoms with Crippen molar-refractivity contribution in [3.8, 4) is 0 Å². The van der Waals surface area contributed by atoms with E-state index in [4.69, 9.17) is 0 Å². The van der Waals surface area contributed by atoms with Crippen LogP contribution in [0, 0.1) is 5.82 Å². The topological polar surface area (TPSA) is 78.5 Å². The minimum Gasteiger partial charge on any atom is -0.468 e. The molecular weight excluding hydrogens is 335 g/mol. The summed E-state index contributed by atoms with van der Waals surface area (Å²) in [5.41, 5.74) is 0.909. The highest BCUT2D eigenvalue weighted by molar-refractivity contribution is 7.16. The van der Waals surface area contributed by atoms with Gasteiger partial charge in [0.1, 0.15) is 18.1 Å². The molecule has 0 N–H and O–H groups in total. The van der Waals surface area contributed by atoms with Gasteiger partial charge in [0.05, 0.1) is 17.3 Å². The maximum atomic E-state index is 13.4. The van der Waals surface area contributed by atoms with Gasteiger partial charge in [0, 0.05) is 13.2 Å². The highest BCUT2D eigenvalue weighted by Gasteiger charge is 2.14. The summed E-state index contributed by atoms with van der Waals surface area (Å²) in [4.78, 5) is 28.3. The highest BCUT2D eigenvalue weighted by Crippen LogP contribution is 2.19. The Morgan fingerprint density at radius 3 is 2.83 bits per heavy atom. The molecule has 0 unspecified atom stereocenters. The van der Waals surface area contributed by atoms with Gasteiger partial charge >= 0.3 is 5.97 Å². The molecule has 0 atom stereocenters. The lowest BCUT2D eigenvalue weighted by Gasteiger charge is -2.03. The molecule has 0 fully saturated rings. The van der Waals surface area contributed by atoms with Crippen LogP contribution in [0.3, 0.4) is 0 Å². The van der Waals surface area contributed by atoms with Crippen LogP contribution in [-0.2, 0) is 23.1 Å². The normalized spacial score (nSPS) is 11.9. The van der Waals surface area contributed by atoms with Crippen LogP contribution < -0.4 is 4.80 Å². The van der Waals surface area contributed by atoms with Gasteiger partial charge in [0.2, 0.25) is 0 Å². The van der Waals surface area contributed by atoms with Gasteiger partial charge in [-0.2, -0.15) is 10.1 Å². The number of ether oxygens (including phenoxy) is 1. The number of aryl methyl sites for hydroxylation is 1. The maximum Gasteiger partial charge on any atom is 0.325 e. The number of thiazole rings is 1. The van der Waals surface area contributed by atoms with Crippen LogP contribution in [0.5, 0.6) is 0 Å². The number of hydrogen-bond acceptors (Lipinski definition) is 5. The Kier molecular flexibility index (Phi) is 4.26. The molecule has 0 aliphatic carbocycles. The third kappa shape index (κ3) is 2.98. The van der Waals surface area contributed by atoms with E-state index < -0.39 is 17.7 Å². The van der Waals surface area contributed by atoms with Crippen molar-refractivity contribution in [1.29, 1.82) is 0 Å². The molecule has 2 heterocycles. The van der Waals surface area contributed by atoms with Gasteiger partial charge in [-0.3, -0.25) is 14.3 Å². The molecule has 0 aliphatic heterocycles. The van der Waals surface area contributed by atoms with E-state index in [9.17, 15) is 14.0 Å². The number of fused-ring (bicyclic) bond motifs is 1. The molecule has 1 amide bonds. The summed E-state index contributed by atoms with van der Waals surface area (Å²) in [5.74, 6) is -1.40. The Bertz CT molecular complexity index is 1000. The van der Waals surface area contributed by atoms with E-state index in [1.54, 1.807) is 13.1 Å². The summed E-state index contributed by atoms with van der Waals surface area (Å²) in [6.45, 7) is -0.125. The number of amides is 1. The molecule has 2 aromatic heterocycles. The smallest absolute Gasteiger partial charge is 0.325 e. The van der Waals surface area contributed by atoms with Gasteiger partial charge in [-0.1, -0.05) is 11.3 Å². The van der Waals surface area contributed by atoms with Crippen molar-refractivity contribution < 1.29 is 18.7 Å².